The molecule has 0 saturated carbocycles. The summed E-state index contributed by atoms with van der Waals surface area (Å²) in [6, 6.07) is 5.05. The Kier molecular flexibility index (Phi) is 6.07. The van der Waals surface area contributed by atoms with Crippen molar-refractivity contribution in [2.24, 2.45) is 5.92 Å². The Morgan fingerprint density at radius 3 is 2.75 bits per heavy atom. The largest absolute Gasteiger partial charge is 0.380 e. The van der Waals surface area contributed by atoms with Gasteiger partial charge in [-0.1, -0.05) is 19.9 Å². The molecular weight excluding hydrogens is 283 g/mol. The van der Waals surface area contributed by atoms with Gasteiger partial charge < -0.3 is 4.74 Å². The fraction of sp³-hybridized carbons (Fsp3) is 0.462. The van der Waals surface area contributed by atoms with E-state index in [0.29, 0.717) is 12.5 Å². The maximum absolute atomic E-state index is 13.4. The maximum Gasteiger partial charge on any atom is 0.242 e. The van der Waals surface area contributed by atoms with Crippen molar-refractivity contribution in [3.8, 4) is 6.07 Å². The Morgan fingerprint density at radius 1 is 1.45 bits per heavy atom. The smallest absolute Gasteiger partial charge is 0.242 e. The molecule has 0 saturated heterocycles. The molecule has 7 heteroatoms. The Bertz CT molecular complexity index is 594. The van der Waals surface area contributed by atoms with Crippen molar-refractivity contribution in [3.63, 3.8) is 0 Å². The van der Waals surface area contributed by atoms with Crippen molar-refractivity contribution in [2.75, 3.05) is 19.8 Å². The lowest BCUT2D eigenvalue weighted by molar-refractivity contribution is 0.114. The number of nitriles is 1. The van der Waals surface area contributed by atoms with E-state index < -0.39 is 21.4 Å². The summed E-state index contributed by atoms with van der Waals surface area (Å²) in [5, 5.41) is 8.83. The van der Waals surface area contributed by atoms with Crippen LogP contribution in [0, 0.1) is 23.1 Å². The van der Waals surface area contributed by atoms with Crippen molar-refractivity contribution in [1.82, 2.24) is 4.72 Å². The van der Waals surface area contributed by atoms with Crippen LogP contribution in [-0.4, -0.2) is 28.2 Å². The first-order chi connectivity index (χ1) is 9.38. The molecule has 0 fully saturated rings. The molecule has 1 N–H and O–H groups in total. The van der Waals surface area contributed by atoms with Gasteiger partial charge >= 0.3 is 0 Å². The highest BCUT2D eigenvalue weighted by molar-refractivity contribution is 7.89. The first-order valence-corrected chi connectivity index (χ1v) is 7.63. The molecule has 1 aromatic rings. The van der Waals surface area contributed by atoms with Crippen LogP contribution in [0.3, 0.4) is 0 Å². The molecule has 5 nitrogen and oxygen atoms in total. The van der Waals surface area contributed by atoms with Gasteiger partial charge in [0.05, 0.1) is 6.61 Å². The highest BCUT2D eigenvalue weighted by atomic mass is 32.2. The van der Waals surface area contributed by atoms with E-state index in [0.717, 1.165) is 6.07 Å². The van der Waals surface area contributed by atoms with Crippen LogP contribution in [0.25, 0.3) is 0 Å². The minimum atomic E-state index is -3.92. The zero-order valence-electron chi connectivity index (χ0n) is 11.4. The van der Waals surface area contributed by atoms with Gasteiger partial charge in [-0.3, -0.25) is 0 Å². The van der Waals surface area contributed by atoms with E-state index in [4.69, 9.17) is 10.00 Å². The monoisotopic (exact) mass is 300 g/mol. The van der Waals surface area contributed by atoms with Gasteiger partial charge in [-0.15, -0.1) is 0 Å². The molecule has 0 unspecified atom stereocenters. The summed E-state index contributed by atoms with van der Waals surface area (Å²) in [6.07, 6.45) is 0. The Hall–Kier alpha value is -1.49. The summed E-state index contributed by atoms with van der Waals surface area (Å²) in [4.78, 5) is -0.358. The molecule has 0 amide bonds. The van der Waals surface area contributed by atoms with Gasteiger partial charge in [0.1, 0.15) is 22.3 Å². The van der Waals surface area contributed by atoms with E-state index in [1.807, 2.05) is 13.8 Å². The molecule has 0 aromatic heterocycles. The zero-order chi connectivity index (χ0) is 15.2. The van der Waals surface area contributed by atoms with Crippen molar-refractivity contribution in [1.29, 1.82) is 5.26 Å². The zero-order valence-corrected chi connectivity index (χ0v) is 12.2. The average molecular weight is 300 g/mol. The minimum Gasteiger partial charge on any atom is -0.380 e. The number of rotatable bonds is 7. The first kappa shape index (κ1) is 16.6. The van der Waals surface area contributed by atoms with Crippen molar-refractivity contribution in [2.45, 2.75) is 18.7 Å². The van der Waals surface area contributed by atoms with Crippen LogP contribution in [0.2, 0.25) is 0 Å². The van der Waals surface area contributed by atoms with Gasteiger partial charge in [0, 0.05) is 13.2 Å². The van der Waals surface area contributed by atoms with E-state index in [-0.39, 0.29) is 18.0 Å². The molecule has 0 heterocycles. The summed E-state index contributed by atoms with van der Waals surface area (Å²) in [6.45, 7) is 4.78. The van der Waals surface area contributed by atoms with Gasteiger partial charge in [-0.2, -0.15) is 5.26 Å². The second-order valence-electron chi connectivity index (χ2n) is 4.59. The van der Waals surface area contributed by atoms with Crippen molar-refractivity contribution in [3.05, 3.63) is 29.6 Å². The Morgan fingerprint density at radius 2 is 2.15 bits per heavy atom. The average Bonchev–Trinajstić information content (AvgIpc) is 2.37. The second kappa shape index (κ2) is 7.33. The SMILES string of the molecule is CC(C)COCCNS(=O)(=O)c1cccc(F)c1C#N. The highest BCUT2D eigenvalue weighted by Crippen LogP contribution is 2.17. The minimum absolute atomic E-state index is 0.0659. The fourth-order valence-corrected chi connectivity index (χ4v) is 2.66. The van der Waals surface area contributed by atoms with E-state index in [9.17, 15) is 12.8 Å². The first-order valence-electron chi connectivity index (χ1n) is 6.14. The van der Waals surface area contributed by atoms with Crippen LogP contribution in [0.4, 0.5) is 4.39 Å². The number of hydrogen-bond acceptors (Lipinski definition) is 4. The molecular formula is C13H17FN2O3S. The van der Waals surface area contributed by atoms with E-state index in [1.54, 1.807) is 6.07 Å². The van der Waals surface area contributed by atoms with Gasteiger partial charge in [0.2, 0.25) is 10.0 Å². The lowest BCUT2D eigenvalue weighted by Crippen LogP contribution is -2.28. The number of halogens is 1. The van der Waals surface area contributed by atoms with Crippen LogP contribution < -0.4 is 4.72 Å². The topological polar surface area (TPSA) is 79.2 Å². The third-order valence-corrected chi connectivity index (χ3v) is 3.87. The molecule has 0 bridgehead atoms. The van der Waals surface area contributed by atoms with Crippen LogP contribution >= 0.6 is 0 Å². The number of benzene rings is 1. The molecule has 1 aromatic carbocycles. The van der Waals surface area contributed by atoms with Crippen LogP contribution in [0.1, 0.15) is 19.4 Å². The third kappa shape index (κ3) is 4.56. The Labute approximate surface area is 118 Å². The summed E-state index contributed by atoms with van der Waals surface area (Å²) in [7, 11) is -3.92. The molecule has 20 heavy (non-hydrogen) atoms. The summed E-state index contributed by atoms with van der Waals surface area (Å²) in [5.41, 5.74) is -0.483. The number of ether oxygens (including phenoxy) is 1. The van der Waals surface area contributed by atoms with Gasteiger partial charge in [0.15, 0.2) is 0 Å². The Balaban J connectivity index is 2.71. The molecule has 0 atom stereocenters. The number of nitrogens with one attached hydrogen (secondary N) is 1. The lowest BCUT2D eigenvalue weighted by atomic mass is 10.2. The highest BCUT2D eigenvalue weighted by Gasteiger charge is 2.20. The molecule has 0 spiro atoms. The molecule has 0 aliphatic carbocycles. The van der Waals surface area contributed by atoms with Crippen molar-refractivity contribution >= 4 is 10.0 Å². The van der Waals surface area contributed by atoms with Crippen LogP contribution in [0.15, 0.2) is 23.1 Å². The number of sulfonamides is 1. The van der Waals surface area contributed by atoms with E-state index >= 15 is 0 Å². The number of nitrogens with zero attached hydrogens (tertiary/aromatic N) is 1. The lowest BCUT2D eigenvalue weighted by Gasteiger charge is -2.10. The quantitative estimate of drug-likeness (QED) is 0.777. The van der Waals surface area contributed by atoms with E-state index in [1.165, 1.54) is 12.1 Å². The normalized spacial score (nSPS) is 11.6. The van der Waals surface area contributed by atoms with Crippen LogP contribution in [-0.2, 0) is 14.8 Å². The molecule has 0 aliphatic rings. The molecule has 0 aliphatic heterocycles. The summed E-state index contributed by atoms with van der Waals surface area (Å²) < 4.78 is 44.8. The van der Waals surface area contributed by atoms with E-state index in [2.05, 4.69) is 4.72 Å². The second-order valence-corrected chi connectivity index (χ2v) is 6.33. The summed E-state index contributed by atoms with van der Waals surface area (Å²) in [5.74, 6) is -0.494. The fourth-order valence-electron chi connectivity index (χ4n) is 1.48. The molecule has 1 rings (SSSR count). The number of hydrogen-bond donors (Lipinski definition) is 1. The maximum atomic E-state index is 13.4. The predicted molar refractivity (Wildman–Crippen MR) is 72.0 cm³/mol. The van der Waals surface area contributed by atoms with Gasteiger partial charge in [-0.05, 0) is 18.1 Å². The van der Waals surface area contributed by atoms with Crippen LogP contribution in [0.5, 0.6) is 0 Å². The molecule has 0 radical (unpaired) electrons. The third-order valence-electron chi connectivity index (χ3n) is 2.37. The summed E-state index contributed by atoms with van der Waals surface area (Å²) >= 11 is 0. The predicted octanol–water partition coefficient (Wildman–Crippen LogP) is 1.65. The van der Waals surface area contributed by atoms with Gasteiger partial charge in [-0.25, -0.2) is 17.5 Å². The van der Waals surface area contributed by atoms with Crippen molar-refractivity contribution < 1.29 is 17.5 Å². The van der Waals surface area contributed by atoms with Gasteiger partial charge in [0.25, 0.3) is 0 Å². The molecule has 110 valence electrons. The standard InChI is InChI=1S/C13H17FN2O3S/c1-10(2)9-19-7-6-16-20(17,18)13-5-3-4-12(14)11(13)8-15/h3-5,10,16H,6-7,9H2,1-2H3.